The fraction of sp³-hybridized carbons (Fsp3) is 0.195. The van der Waals surface area contributed by atoms with E-state index in [1.165, 1.54) is 61.9 Å². The smallest absolute Gasteiger partial charge is 0.203 e. The number of nitrogens with zero attached hydrogens (tertiary/aromatic N) is 7. The normalized spacial score (nSPS) is 11.4. The molecular weight excluding hydrogens is 1750 g/mol. The Morgan fingerprint density at radius 2 is 0.659 bits per heavy atom. The zero-order chi connectivity index (χ0) is 95.3. The number of pyridine rings is 7. The molecule has 14 aromatic heterocycles. The van der Waals surface area contributed by atoms with Gasteiger partial charge in [-0.05, 0) is 294 Å². The first-order valence-electron chi connectivity index (χ1n) is 46.1. The number of H-pyrrole nitrogens is 7. The number of benzene rings is 7. The van der Waals surface area contributed by atoms with Crippen LogP contribution >= 0.6 is 11.6 Å². The third-order valence-corrected chi connectivity index (χ3v) is 23.6. The van der Waals surface area contributed by atoms with E-state index >= 15 is 0 Å². The van der Waals surface area contributed by atoms with Crippen LogP contribution in [0.1, 0.15) is 119 Å². The summed E-state index contributed by atoms with van der Waals surface area (Å²) >= 11 is 6.13. The second kappa shape index (κ2) is 47.0. The Labute approximate surface area is 806 Å². The van der Waals surface area contributed by atoms with E-state index in [-0.39, 0.29) is 0 Å². The molecule has 700 valence electrons. The van der Waals surface area contributed by atoms with Gasteiger partial charge in [0, 0.05) is 130 Å². The number of hydrogen-bond acceptors (Lipinski definition) is 17. The maximum absolute atomic E-state index is 6.13. The van der Waals surface area contributed by atoms with Gasteiger partial charge in [0.1, 0.15) is 75.7 Å². The molecule has 0 saturated heterocycles. The number of aromatic amines is 7. The lowest BCUT2D eigenvalue weighted by molar-refractivity contribution is 0.171. The molecule has 0 saturated carbocycles. The zero-order valence-corrected chi connectivity index (χ0v) is 79.5. The van der Waals surface area contributed by atoms with Gasteiger partial charge in [0.05, 0.1) is 65.7 Å². The van der Waals surface area contributed by atoms with Gasteiger partial charge in [0.15, 0.2) is 23.0 Å². The molecule has 1 aliphatic heterocycles. The Kier molecular flexibility index (Phi) is 32.3. The summed E-state index contributed by atoms with van der Waals surface area (Å²) in [7, 11) is 8.14. The first-order valence-corrected chi connectivity index (χ1v) is 46.5. The monoisotopic (exact) mass is 1860 g/mol. The van der Waals surface area contributed by atoms with Crippen molar-refractivity contribution in [2.75, 3.05) is 67.3 Å². The van der Waals surface area contributed by atoms with E-state index in [1.54, 1.807) is 41.7 Å². The minimum absolute atomic E-state index is 0.591. The summed E-state index contributed by atoms with van der Waals surface area (Å²) in [6.07, 6.45) is 34.0. The highest BCUT2D eigenvalue weighted by molar-refractivity contribution is 6.32. The standard InChI is InChI=1S/C18H20N2.C17H18N2O3.C17H18N2O.C16H16N2O.C15H13ClN2O.C15H13N3O2.C15H14N2O/c1-3-13(2)16-6-4-14(5-7-16)10-15-11-17-8-9-19-18(17)20-12-15;1-20-14-8-11(9-15(21-2)16(14)22-3)6-12-7-13-4-5-18-17(13)19-10-12;1-2-9-20-16-5-3-13(4-6-16)10-14-11-15-7-8-18-17(15)19-12-14;1-2-19-15-5-3-12(4-6-15)9-13-10-14-7-8-17-16(14)18-11-13;1-19-14-3-2-10(8-13(14)16)6-11-7-12-4-5-17-15(12)18-9-11;1-2-13-14(20-6-5-19-13)8-11(1)18-12-7-10-3-4-16-15(10)17-9-12;1-18-14-4-2-11(3-5-14)8-12-9-13-6-7-16-15(13)17-10-12/h4-9,11-13H,3,10H2,1-2H3,(H,19,20);4-5,7-10H,6H2,1-3H3,(H,18,19);3-8,11-12H,2,9-10H2,1H3,(H,18,19);3-8,10-11H,2,9H2,1H3,(H,17,18);2-5,7-9H,6H2,1H3,(H,17,18);1-4,7-9,18H,5-6H2,(H,16,17);2-7,9-10H,8H2,1H3,(H,16,17). The maximum atomic E-state index is 6.13. The van der Waals surface area contributed by atoms with Crippen LogP contribution < -0.4 is 47.9 Å². The number of hydrogen-bond donors (Lipinski definition) is 8. The van der Waals surface area contributed by atoms with Crippen molar-refractivity contribution >= 4 is 100 Å². The van der Waals surface area contributed by atoms with Gasteiger partial charge in [0.2, 0.25) is 5.75 Å². The molecule has 1 atom stereocenters. The van der Waals surface area contributed by atoms with Gasteiger partial charge in [-0.25, -0.2) is 34.9 Å². The van der Waals surface area contributed by atoms with Crippen molar-refractivity contribution in [3.8, 4) is 51.7 Å². The number of methoxy groups -OCH3 is 5. The highest BCUT2D eigenvalue weighted by Crippen LogP contribution is 2.40. The van der Waals surface area contributed by atoms with Gasteiger partial charge < -0.3 is 82.8 Å². The van der Waals surface area contributed by atoms with Crippen molar-refractivity contribution in [3.05, 3.63) is 395 Å². The van der Waals surface area contributed by atoms with Crippen molar-refractivity contribution in [2.24, 2.45) is 0 Å². The van der Waals surface area contributed by atoms with E-state index in [2.05, 4.69) is 205 Å². The first kappa shape index (κ1) is 94.8. The van der Waals surface area contributed by atoms with Crippen LogP contribution in [0.25, 0.3) is 77.2 Å². The molecular formula is C113H112ClN15O9. The molecule has 25 heteroatoms. The summed E-state index contributed by atoms with van der Waals surface area (Å²) in [5.41, 5.74) is 24.3. The molecule has 8 N–H and O–H groups in total. The van der Waals surface area contributed by atoms with Crippen molar-refractivity contribution < 1.29 is 42.6 Å². The largest absolute Gasteiger partial charge is 0.497 e. The lowest BCUT2D eigenvalue weighted by Gasteiger charge is -2.19. The first-order chi connectivity index (χ1) is 67.7. The van der Waals surface area contributed by atoms with E-state index < -0.39 is 0 Å². The van der Waals surface area contributed by atoms with E-state index in [9.17, 15) is 0 Å². The Morgan fingerprint density at radius 1 is 0.312 bits per heavy atom. The molecule has 0 fully saturated rings. The molecule has 0 bridgehead atoms. The van der Waals surface area contributed by atoms with Crippen molar-refractivity contribution in [3.63, 3.8) is 0 Å². The fourth-order valence-corrected chi connectivity index (χ4v) is 16.3. The van der Waals surface area contributed by atoms with Crippen LogP contribution in [0.3, 0.4) is 0 Å². The van der Waals surface area contributed by atoms with Crippen molar-refractivity contribution in [2.45, 2.75) is 85.0 Å². The van der Waals surface area contributed by atoms with Gasteiger partial charge in [-0.15, -0.1) is 0 Å². The fourth-order valence-electron chi connectivity index (χ4n) is 16.0. The summed E-state index contributed by atoms with van der Waals surface area (Å²) < 4.78 is 48.5. The highest BCUT2D eigenvalue weighted by atomic mass is 35.5. The quantitative estimate of drug-likeness (QED) is 0.0250. The minimum Gasteiger partial charge on any atom is -0.497 e. The van der Waals surface area contributed by atoms with E-state index in [0.29, 0.717) is 53.8 Å². The van der Waals surface area contributed by atoms with Crippen LogP contribution in [0, 0.1) is 0 Å². The van der Waals surface area contributed by atoms with Crippen LogP contribution in [0.2, 0.25) is 5.02 Å². The number of anilines is 2. The number of fused-ring (bicyclic) bond motifs is 8. The lowest BCUT2D eigenvalue weighted by atomic mass is 9.96. The van der Waals surface area contributed by atoms with Crippen LogP contribution in [-0.2, 0) is 38.5 Å². The average Bonchev–Trinajstić information content (AvgIpc) is 1.36. The number of nitrogens with one attached hydrogen (secondary N) is 8. The Bertz CT molecular complexity index is 7450. The number of aromatic nitrogens is 14. The third kappa shape index (κ3) is 25.6. The van der Waals surface area contributed by atoms with E-state index in [1.807, 2.05) is 209 Å². The van der Waals surface area contributed by atoms with Gasteiger partial charge in [-0.1, -0.05) is 99.1 Å². The van der Waals surface area contributed by atoms with Crippen LogP contribution in [0.5, 0.6) is 51.7 Å². The van der Waals surface area contributed by atoms with Gasteiger partial charge in [-0.3, -0.25) is 0 Å². The summed E-state index contributed by atoms with van der Waals surface area (Å²) in [6, 6.07) is 78.5. The van der Waals surface area contributed by atoms with Crippen LogP contribution in [0.15, 0.2) is 317 Å². The molecule has 22 rings (SSSR count). The van der Waals surface area contributed by atoms with Crippen molar-refractivity contribution in [1.29, 1.82) is 0 Å². The molecule has 1 unspecified atom stereocenters. The van der Waals surface area contributed by atoms with Gasteiger partial charge in [0.25, 0.3) is 0 Å². The second-order valence-electron chi connectivity index (χ2n) is 33.2. The topological polar surface area (TPSA) is 296 Å². The van der Waals surface area contributed by atoms with Crippen LogP contribution in [-0.4, -0.2) is 132 Å². The molecule has 138 heavy (non-hydrogen) atoms. The molecule has 0 amide bonds. The third-order valence-electron chi connectivity index (χ3n) is 23.3. The molecule has 24 nitrogen and oxygen atoms in total. The minimum atomic E-state index is 0.591. The number of ether oxygens (including phenoxy) is 9. The Balaban J connectivity index is 0.000000116. The summed E-state index contributed by atoms with van der Waals surface area (Å²) in [4.78, 5) is 52.5. The molecule has 0 spiro atoms. The summed E-state index contributed by atoms with van der Waals surface area (Å²) in [6.45, 7) is 11.3. The SMILES string of the molecule is CCC(C)c1ccc(Cc2cnc3[nH]ccc3c2)cc1.CCCOc1ccc(Cc2cnc3[nH]ccc3c2)cc1.CCOc1ccc(Cc2cnc3[nH]ccc3c2)cc1.COc1cc(Cc2cnc3[nH]ccc3c2)cc(OC)c1OC.COc1ccc(Cc2cnc3[nH]ccc3c2)cc1.COc1ccc(Cc2cnc3[nH]ccc3c2)cc1Cl.c1cc2cc(Nc3ccc4c(c3)OCCO4)cnc2[nH]1. The molecule has 21 aromatic rings. The Morgan fingerprint density at radius 3 is 1.02 bits per heavy atom. The van der Waals surface area contributed by atoms with Gasteiger partial charge >= 0.3 is 0 Å². The molecule has 15 heterocycles. The predicted molar refractivity (Wildman–Crippen MR) is 552 cm³/mol. The van der Waals surface area contributed by atoms with Crippen molar-refractivity contribution in [1.82, 2.24) is 69.8 Å². The predicted octanol–water partition coefficient (Wildman–Crippen LogP) is 25.4. The zero-order valence-electron chi connectivity index (χ0n) is 78.8. The van der Waals surface area contributed by atoms with Crippen LogP contribution in [0.4, 0.5) is 11.4 Å². The Hall–Kier alpha value is -16.3. The highest BCUT2D eigenvalue weighted by Gasteiger charge is 2.17. The number of rotatable bonds is 26. The molecule has 1 aliphatic rings. The number of halogens is 1. The average molecular weight is 1860 g/mol. The molecule has 0 radical (unpaired) electrons. The maximum Gasteiger partial charge on any atom is 0.203 e. The van der Waals surface area contributed by atoms with Gasteiger partial charge in [-0.2, -0.15) is 0 Å². The summed E-state index contributed by atoms with van der Waals surface area (Å²) in [5.74, 6) is 7.58. The van der Waals surface area contributed by atoms with E-state index in [4.69, 9.17) is 54.2 Å². The second-order valence-corrected chi connectivity index (χ2v) is 33.6. The molecule has 0 aliphatic carbocycles. The lowest BCUT2D eigenvalue weighted by Crippen LogP contribution is -2.15. The molecule has 7 aromatic carbocycles. The van der Waals surface area contributed by atoms with E-state index in [0.717, 1.165) is 186 Å². The summed E-state index contributed by atoms with van der Waals surface area (Å²) in [5, 5.41) is 11.9.